The van der Waals surface area contributed by atoms with Crippen LogP contribution in [-0.4, -0.2) is 234 Å². The van der Waals surface area contributed by atoms with Gasteiger partial charge in [0, 0.05) is 150 Å². The van der Waals surface area contributed by atoms with Crippen molar-refractivity contribution in [3.05, 3.63) is 160 Å². The highest BCUT2D eigenvalue weighted by molar-refractivity contribution is 7.99. The van der Waals surface area contributed by atoms with Crippen molar-refractivity contribution in [1.82, 2.24) is 49.7 Å². The predicted octanol–water partition coefficient (Wildman–Crippen LogP) is 13.2. The minimum absolute atomic E-state index is 0.0257. The molecule has 0 spiro atoms. The lowest BCUT2D eigenvalue weighted by Crippen LogP contribution is -2.57. The molecule has 6 heterocycles. The number of allylic oxidation sites excluding steroid dienone is 1. The van der Waals surface area contributed by atoms with Gasteiger partial charge in [-0.05, 0) is 197 Å². The van der Waals surface area contributed by atoms with Crippen molar-refractivity contribution in [1.29, 1.82) is 0 Å². The molecular formula is C86H112ClF3N12O10S4. The van der Waals surface area contributed by atoms with Gasteiger partial charge in [-0.2, -0.15) is 13.2 Å². The third-order valence-electron chi connectivity index (χ3n) is 23.7. The summed E-state index contributed by atoms with van der Waals surface area (Å²) in [5.74, 6) is -1.32. The molecule has 6 aromatic rings. The van der Waals surface area contributed by atoms with E-state index in [4.69, 9.17) is 16.3 Å². The first-order chi connectivity index (χ1) is 55.4. The molecule has 5 amide bonds. The Morgan fingerprint density at radius 2 is 1.44 bits per heavy atom. The lowest BCUT2D eigenvalue weighted by molar-refractivity contribution is -0.144. The van der Waals surface area contributed by atoms with Gasteiger partial charge < -0.3 is 45.2 Å². The molecule has 5 atom stereocenters. The SMILES string of the molecule is Cc1ncsc1-c1ccc(C(C)NC(=O)C2CCCN2C(=O)C(NC(=O)CCCCC(=O)N2CCN(C3CCN(C[C@]4(C)CCC(c5ccc(Cl)cc5)=C(CN5CCN(c6ccc(C(=O)NS(=O)(=O)c7ccc(NC(CCN8CCCOCC8)CSc8ccccc8)c(S(=O)(=O)C(F)(F)F)c7)cc6)CC5)C4)CC3)CC2)C(C)(C)C)cc1. The standard InChI is InChI=1S/C86H112ClF3N12O10S4/c1-60(62-19-21-64(22-20-62)79-61(2)91-59-114-79)92-82(106)75-16-12-39-102(75)83(107)80(84(3,4)5)94-77(103)17-10-11-18-78(104)101-49-47-100(48-50-101)70-35-41-98(42-36-70)58-85(6)37-33-73(63-23-27-67(87)28-24-63)66(55-85)56-97-43-45-99(46-44-97)69-29-25-65(26-30-69)81(105)95-116(110,111)72-31-32-74(76(54-72)115(108,109)86(88,89)90)93-68(57-113-71-14-8-7-9-15-71)34-40-96-38-13-52-112-53-51-96/h7-9,14-15,19-32,54,59-60,68,70,75,80,93H,10-13,16-18,33-53,55-58H2,1-6H3,(H,92,106)(H,94,103)(H,95,105)/t60?,68?,75?,80?,85-/m1/s1. The molecule has 4 unspecified atom stereocenters. The maximum absolute atomic E-state index is 14.5. The third kappa shape index (κ3) is 22.9. The first kappa shape index (κ1) is 87.9. The van der Waals surface area contributed by atoms with E-state index in [9.17, 15) is 54.0 Å². The largest absolute Gasteiger partial charge is 0.501 e. The van der Waals surface area contributed by atoms with Crippen LogP contribution in [0.5, 0.6) is 0 Å². The summed E-state index contributed by atoms with van der Waals surface area (Å²) in [7, 11) is -11.0. The van der Waals surface area contributed by atoms with Crippen LogP contribution in [0.2, 0.25) is 5.02 Å². The fourth-order valence-electron chi connectivity index (χ4n) is 17.0. The number of halogens is 4. The number of hydrogen-bond donors (Lipinski definition) is 4. The van der Waals surface area contributed by atoms with E-state index in [1.165, 1.54) is 40.6 Å². The zero-order valence-electron chi connectivity index (χ0n) is 67.4. The highest BCUT2D eigenvalue weighted by Crippen LogP contribution is 2.45. The maximum Gasteiger partial charge on any atom is 0.501 e. The number of aryl methyl sites for hydroxylation is 1. The number of piperidine rings is 1. The Balaban J connectivity index is 0.577. The molecule has 5 aromatic carbocycles. The van der Waals surface area contributed by atoms with E-state index in [0.717, 1.165) is 142 Å². The number of alkyl halides is 3. The van der Waals surface area contributed by atoms with Gasteiger partial charge in [-0.15, -0.1) is 23.1 Å². The number of carbonyl (C=O) groups excluding carboxylic acids is 5. The summed E-state index contributed by atoms with van der Waals surface area (Å²) < 4.78 is 105. The smallest absolute Gasteiger partial charge is 0.380 e. The number of hydrogen-bond acceptors (Lipinski definition) is 19. The zero-order valence-corrected chi connectivity index (χ0v) is 71.5. The number of aromatic nitrogens is 1. The summed E-state index contributed by atoms with van der Waals surface area (Å²) in [5, 5.41) is 9.88. The van der Waals surface area contributed by atoms with Gasteiger partial charge in [-0.3, -0.25) is 33.8 Å². The molecule has 1 aliphatic carbocycles. The molecule has 5 fully saturated rings. The summed E-state index contributed by atoms with van der Waals surface area (Å²) in [6, 6.07) is 32.7. The normalized spacial score (nSPS) is 20.4. The molecule has 12 rings (SSSR count). The number of nitrogens with zero attached hydrogens (tertiary/aromatic N) is 8. The third-order valence-corrected chi connectivity index (χ3v) is 29.0. The van der Waals surface area contributed by atoms with Gasteiger partial charge in [-0.25, -0.2) is 26.5 Å². The summed E-state index contributed by atoms with van der Waals surface area (Å²) in [4.78, 5) is 88.9. The van der Waals surface area contributed by atoms with Gasteiger partial charge in [0.25, 0.3) is 25.8 Å². The minimum atomic E-state index is -6.11. The van der Waals surface area contributed by atoms with Gasteiger partial charge in [0.15, 0.2) is 0 Å². The van der Waals surface area contributed by atoms with Gasteiger partial charge in [0.2, 0.25) is 23.6 Å². The predicted molar refractivity (Wildman–Crippen MR) is 452 cm³/mol. The van der Waals surface area contributed by atoms with E-state index < -0.39 is 70.3 Å². The second kappa shape index (κ2) is 39.2. The van der Waals surface area contributed by atoms with Gasteiger partial charge in [-0.1, -0.05) is 99.5 Å². The van der Waals surface area contributed by atoms with E-state index in [2.05, 4.69) is 64.5 Å². The molecule has 1 aromatic heterocycles. The van der Waals surface area contributed by atoms with E-state index >= 15 is 0 Å². The van der Waals surface area contributed by atoms with E-state index in [1.807, 2.05) is 116 Å². The molecule has 4 N–H and O–H groups in total. The zero-order chi connectivity index (χ0) is 82.5. The number of amides is 5. The number of rotatable bonds is 30. The highest BCUT2D eigenvalue weighted by Gasteiger charge is 2.49. The number of likely N-dealkylation sites (tertiary alicyclic amines) is 2. The molecule has 0 radical (unpaired) electrons. The van der Waals surface area contributed by atoms with Crippen molar-refractivity contribution in [2.24, 2.45) is 10.8 Å². The monoisotopic (exact) mass is 1690 g/mol. The number of carbonyl (C=O) groups is 5. The molecule has 116 heavy (non-hydrogen) atoms. The Labute approximate surface area is 695 Å². The van der Waals surface area contributed by atoms with Gasteiger partial charge >= 0.3 is 5.51 Å². The van der Waals surface area contributed by atoms with Crippen LogP contribution in [0.15, 0.2) is 147 Å². The number of unbranched alkanes of at least 4 members (excludes halogenated alkanes) is 1. The van der Waals surface area contributed by atoms with Crippen molar-refractivity contribution in [3.8, 4) is 10.4 Å². The topological polar surface area (TPSA) is 247 Å². The van der Waals surface area contributed by atoms with Crippen LogP contribution in [0, 0.1) is 17.8 Å². The molecule has 0 bridgehead atoms. The number of sulfone groups is 1. The van der Waals surface area contributed by atoms with Crippen LogP contribution in [0.1, 0.15) is 151 Å². The van der Waals surface area contributed by atoms with Crippen LogP contribution in [0.3, 0.4) is 0 Å². The number of anilines is 2. The molecular weight excluding hydrogens is 1580 g/mol. The Morgan fingerprint density at radius 3 is 2.12 bits per heavy atom. The van der Waals surface area contributed by atoms with Gasteiger partial charge in [0.05, 0.1) is 39.3 Å². The fourth-order valence-corrected chi connectivity index (χ4v) is 21.0. The Kier molecular flexibility index (Phi) is 29.7. The van der Waals surface area contributed by atoms with Crippen LogP contribution >= 0.6 is 34.7 Å². The van der Waals surface area contributed by atoms with E-state index in [-0.39, 0.29) is 47.1 Å². The first-order valence-electron chi connectivity index (χ1n) is 40.8. The summed E-state index contributed by atoms with van der Waals surface area (Å²) in [6.07, 6.45) is 9.10. The lowest BCUT2D eigenvalue weighted by Gasteiger charge is -2.46. The summed E-state index contributed by atoms with van der Waals surface area (Å²) in [6.45, 7) is 25.3. The molecule has 22 nitrogen and oxygen atoms in total. The fraction of sp³-hybridized carbons (Fsp3) is 0.535. The number of thioether (sulfide) groups is 1. The van der Waals surface area contributed by atoms with E-state index in [1.54, 1.807) is 28.4 Å². The second-order valence-electron chi connectivity index (χ2n) is 33.3. The Morgan fingerprint density at radius 1 is 0.741 bits per heavy atom. The molecule has 6 aliphatic rings. The van der Waals surface area contributed by atoms with Crippen LogP contribution in [0.25, 0.3) is 16.0 Å². The highest BCUT2D eigenvalue weighted by atomic mass is 35.5. The molecule has 628 valence electrons. The number of piperazine rings is 2. The molecule has 5 aliphatic heterocycles. The Hall–Kier alpha value is -7.45. The molecule has 5 saturated heterocycles. The summed E-state index contributed by atoms with van der Waals surface area (Å²) in [5.41, 5.74) is 2.83. The Bertz CT molecular complexity index is 4620. The number of nitrogens with one attached hydrogen (secondary N) is 4. The van der Waals surface area contributed by atoms with Crippen LogP contribution in [-0.2, 0) is 43.8 Å². The second-order valence-corrected chi connectivity index (χ2v) is 39.3. The van der Waals surface area contributed by atoms with Crippen LogP contribution < -0.4 is 25.6 Å². The van der Waals surface area contributed by atoms with Crippen molar-refractivity contribution in [2.75, 3.05) is 134 Å². The van der Waals surface area contributed by atoms with Crippen molar-refractivity contribution < 1.29 is 58.7 Å². The number of benzene rings is 5. The van der Waals surface area contributed by atoms with Crippen LogP contribution in [0.4, 0.5) is 24.5 Å². The average molecular weight is 1690 g/mol. The summed E-state index contributed by atoms with van der Waals surface area (Å²) >= 11 is 9.47. The van der Waals surface area contributed by atoms with Gasteiger partial charge in [0.1, 0.15) is 17.0 Å². The number of thiazole rings is 1. The number of sulfonamides is 1. The molecule has 0 saturated carbocycles. The average Bonchev–Trinajstić information content (AvgIpc) is 0.851. The number of ether oxygens (including phenoxy) is 1. The lowest BCUT2D eigenvalue weighted by atomic mass is 9.71. The van der Waals surface area contributed by atoms with Crippen molar-refractivity contribution in [3.63, 3.8) is 0 Å². The van der Waals surface area contributed by atoms with E-state index in [0.29, 0.717) is 120 Å². The minimum Gasteiger partial charge on any atom is -0.380 e. The maximum atomic E-state index is 14.5. The first-order valence-corrected chi connectivity index (χ1v) is 46.0. The quantitative estimate of drug-likeness (QED) is 0.0242. The van der Waals surface area contributed by atoms with Crippen molar-refractivity contribution in [2.45, 2.75) is 175 Å². The van der Waals surface area contributed by atoms with Crippen molar-refractivity contribution >= 4 is 101 Å². The molecule has 30 heteroatoms.